The smallest absolute Gasteiger partial charge is 0 e. The number of rotatable bonds is 5. The molecule has 2 aliphatic rings. The van der Waals surface area contributed by atoms with Crippen LogP contribution < -0.4 is 0 Å². The van der Waals surface area contributed by atoms with Crippen LogP contribution >= 0.6 is 0 Å². The Morgan fingerprint density at radius 3 is 0.935 bits per heavy atom. The minimum atomic E-state index is 0. The summed E-state index contributed by atoms with van der Waals surface area (Å²) in [5.41, 5.74) is 0. The Kier molecular flexibility index (Phi) is 40.8. The summed E-state index contributed by atoms with van der Waals surface area (Å²) in [7, 11) is 18.2. The van der Waals surface area contributed by atoms with Gasteiger partial charge in [-0.2, -0.15) is 62.7 Å². The van der Waals surface area contributed by atoms with E-state index >= 15 is 0 Å². The Bertz CT molecular complexity index is 257. The number of hydrogen-bond acceptors (Lipinski definition) is 1. The molecule has 0 aromatic rings. The van der Waals surface area contributed by atoms with Gasteiger partial charge in [-0.05, 0) is 14.1 Å². The standard InChI is InChI=1S/C15H29N3.4C2H6N.Ta/c1-18(2)15(16-13-9-5-3-6-10-13)17-14-11-7-4-8-12-14;4*1-3-2;/h13-15H,3-12H2,1-2H3;4*1-2H3;/q-2;4*-1;. The van der Waals surface area contributed by atoms with E-state index in [-0.39, 0.29) is 28.7 Å². The van der Waals surface area contributed by atoms with Crippen molar-refractivity contribution in [1.29, 1.82) is 0 Å². The van der Waals surface area contributed by atoms with E-state index in [1.807, 2.05) is 0 Å². The molecular weight excluding hydrogens is 555 g/mol. The summed E-state index contributed by atoms with van der Waals surface area (Å²) in [6.45, 7) is 0. The van der Waals surface area contributed by atoms with Gasteiger partial charge >= 0.3 is 0 Å². The molecule has 0 unspecified atom stereocenters. The maximum Gasteiger partial charge on any atom is 0 e. The molecule has 7 nitrogen and oxygen atoms in total. The number of nitrogens with zero attached hydrogens (tertiary/aromatic N) is 7. The second kappa shape index (κ2) is 32.6. The van der Waals surface area contributed by atoms with Crippen molar-refractivity contribution in [1.82, 2.24) is 4.90 Å². The van der Waals surface area contributed by atoms with E-state index in [1.54, 1.807) is 56.4 Å². The second-order valence-electron chi connectivity index (χ2n) is 7.98. The van der Waals surface area contributed by atoms with Gasteiger partial charge < -0.3 is 36.8 Å². The average molecular weight is 609 g/mol. The third-order valence-corrected chi connectivity index (χ3v) is 4.30. The fraction of sp³-hybridized carbons (Fsp3) is 1.00. The summed E-state index contributed by atoms with van der Waals surface area (Å²) in [6.07, 6.45) is 13.5. The molecule has 8 heteroatoms. The van der Waals surface area contributed by atoms with E-state index in [4.69, 9.17) is 10.6 Å². The van der Waals surface area contributed by atoms with Gasteiger partial charge in [0.05, 0.1) is 0 Å². The van der Waals surface area contributed by atoms with Crippen LogP contribution in [0.3, 0.4) is 0 Å². The van der Waals surface area contributed by atoms with Crippen LogP contribution in [0.2, 0.25) is 0 Å². The van der Waals surface area contributed by atoms with Crippen LogP contribution in [-0.4, -0.2) is 93.8 Å². The van der Waals surface area contributed by atoms with Crippen LogP contribution in [0.1, 0.15) is 64.2 Å². The molecule has 2 fully saturated rings. The Hall–Kier alpha value is 0.460. The van der Waals surface area contributed by atoms with Gasteiger partial charge in [0.25, 0.3) is 0 Å². The predicted octanol–water partition coefficient (Wildman–Crippen LogP) is 6.72. The van der Waals surface area contributed by atoms with Crippen LogP contribution in [0.5, 0.6) is 0 Å². The van der Waals surface area contributed by atoms with E-state index in [0.29, 0.717) is 12.1 Å². The van der Waals surface area contributed by atoms with Gasteiger partial charge in [0.15, 0.2) is 0 Å². The van der Waals surface area contributed by atoms with E-state index < -0.39 is 0 Å². The minimum Gasteiger partial charge on any atom is -0.668 e. The summed E-state index contributed by atoms with van der Waals surface area (Å²) < 4.78 is 0. The molecule has 191 valence electrons. The molecule has 2 saturated carbocycles. The first kappa shape index (κ1) is 38.7. The van der Waals surface area contributed by atoms with Gasteiger partial charge in [-0.15, -0.1) is 12.1 Å². The monoisotopic (exact) mass is 608 g/mol. The minimum absolute atomic E-state index is 0. The van der Waals surface area contributed by atoms with Crippen LogP contribution in [0.4, 0.5) is 0 Å². The van der Waals surface area contributed by atoms with E-state index in [9.17, 15) is 0 Å². The van der Waals surface area contributed by atoms with Crippen molar-refractivity contribution in [2.24, 2.45) is 0 Å². The quantitative estimate of drug-likeness (QED) is 0.341. The average Bonchev–Trinajstić information content (AvgIpc) is 2.71. The predicted molar refractivity (Wildman–Crippen MR) is 139 cm³/mol. The molecule has 0 heterocycles. The van der Waals surface area contributed by atoms with E-state index in [2.05, 4.69) is 40.3 Å². The van der Waals surface area contributed by atoms with Crippen molar-refractivity contribution in [2.45, 2.75) is 82.6 Å². The van der Waals surface area contributed by atoms with Gasteiger partial charge in [0.2, 0.25) is 0 Å². The molecular formula is C23H53N7Ta-6. The summed E-state index contributed by atoms with van der Waals surface area (Å²) >= 11 is 0. The molecule has 0 atom stereocenters. The Balaban J connectivity index is -0.000000236. The van der Waals surface area contributed by atoms with Gasteiger partial charge in [0, 0.05) is 22.4 Å². The molecule has 2 aliphatic carbocycles. The van der Waals surface area contributed by atoms with Crippen LogP contribution in [0, 0.1) is 0 Å². The SMILES string of the molecule is CN(C)C([N-]C1CCCCC1)[N-]C1CCCCC1.C[N-]C.C[N-]C.C[N-]C.C[N-]C.[Ta]. The molecule has 0 aromatic carbocycles. The molecule has 0 amide bonds. The summed E-state index contributed by atoms with van der Waals surface area (Å²) in [5, 5.41) is 24.0. The molecule has 0 N–H and O–H groups in total. The molecule has 0 bridgehead atoms. The van der Waals surface area contributed by atoms with Crippen molar-refractivity contribution in [3.8, 4) is 0 Å². The Morgan fingerprint density at radius 2 is 0.742 bits per heavy atom. The maximum absolute atomic E-state index is 4.99. The first-order valence-electron chi connectivity index (χ1n) is 11.4. The van der Waals surface area contributed by atoms with Crippen LogP contribution in [0.25, 0.3) is 31.9 Å². The third kappa shape index (κ3) is 30.5. The van der Waals surface area contributed by atoms with Gasteiger partial charge in [-0.1, -0.05) is 64.2 Å². The van der Waals surface area contributed by atoms with E-state index in [1.165, 1.54) is 64.2 Å². The normalized spacial score (nSPS) is 16.3. The van der Waals surface area contributed by atoms with Crippen molar-refractivity contribution in [3.05, 3.63) is 31.9 Å². The molecule has 31 heavy (non-hydrogen) atoms. The van der Waals surface area contributed by atoms with E-state index in [0.717, 1.165) is 0 Å². The van der Waals surface area contributed by atoms with Crippen molar-refractivity contribution in [3.63, 3.8) is 0 Å². The molecule has 1 radical (unpaired) electrons. The molecule has 0 saturated heterocycles. The third-order valence-electron chi connectivity index (χ3n) is 4.30. The Labute approximate surface area is 211 Å². The zero-order valence-corrected chi connectivity index (χ0v) is 25.6. The molecule has 0 aliphatic heterocycles. The van der Waals surface area contributed by atoms with Crippen molar-refractivity contribution < 1.29 is 22.4 Å². The summed E-state index contributed by atoms with van der Waals surface area (Å²) in [4.78, 5) is 2.18. The Morgan fingerprint density at radius 1 is 0.516 bits per heavy atom. The zero-order valence-electron chi connectivity index (χ0n) is 22.4. The molecule has 2 rings (SSSR count). The second-order valence-corrected chi connectivity index (χ2v) is 7.98. The van der Waals surface area contributed by atoms with Crippen molar-refractivity contribution in [2.75, 3.05) is 70.5 Å². The fourth-order valence-electron chi connectivity index (χ4n) is 3.14. The van der Waals surface area contributed by atoms with Crippen LogP contribution in [-0.2, 0) is 22.4 Å². The molecule has 0 spiro atoms. The topological polar surface area (TPSA) is 87.8 Å². The van der Waals surface area contributed by atoms with Crippen LogP contribution in [0.15, 0.2) is 0 Å². The number of hydrogen-bond donors (Lipinski definition) is 0. The van der Waals surface area contributed by atoms with Gasteiger partial charge in [0.1, 0.15) is 0 Å². The summed E-state index contributed by atoms with van der Waals surface area (Å²) in [5.74, 6) is 0. The summed E-state index contributed by atoms with van der Waals surface area (Å²) in [6, 6.07) is 1.14. The first-order valence-corrected chi connectivity index (χ1v) is 11.4. The largest absolute Gasteiger partial charge is 0.668 e. The zero-order chi connectivity index (χ0) is 23.6. The first-order chi connectivity index (χ1) is 14.4. The van der Waals surface area contributed by atoms with Crippen molar-refractivity contribution >= 4 is 0 Å². The fourth-order valence-corrected chi connectivity index (χ4v) is 3.14. The molecule has 0 aromatic heterocycles. The van der Waals surface area contributed by atoms with Gasteiger partial charge in [-0.3, -0.25) is 0 Å². The maximum atomic E-state index is 4.99. The van der Waals surface area contributed by atoms with Gasteiger partial charge in [-0.25, -0.2) is 0 Å².